The molecule has 0 atom stereocenters. The molecule has 0 aliphatic carbocycles. The number of rotatable bonds is 10. The molecule has 186 valence electrons. The van der Waals surface area contributed by atoms with Gasteiger partial charge in [0.2, 0.25) is 0 Å². The lowest BCUT2D eigenvalue weighted by atomic mass is 10.1. The minimum atomic E-state index is -0.341. The van der Waals surface area contributed by atoms with E-state index in [1.807, 2.05) is 43.3 Å². The molecule has 0 unspecified atom stereocenters. The van der Waals surface area contributed by atoms with Crippen molar-refractivity contribution in [3.8, 4) is 34.6 Å². The molecule has 36 heavy (non-hydrogen) atoms. The number of ether oxygens (including phenoxy) is 4. The highest BCUT2D eigenvalue weighted by molar-refractivity contribution is 6.08. The number of nitrogens with one attached hydrogen (secondary N) is 1. The summed E-state index contributed by atoms with van der Waals surface area (Å²) < 4.78 is 23.1. The quantitative estimate of drug-likeness (QED) is 0.328. The molecule has 1 N–H and O–H groups in total. The summed E-state index contributed by atoms with van der Waals surface area (Å²) in [6.07, 6.45) is 0. The fraction of sp³-hybridized carbons (Fsp3) is 0.222. The fourth-order valence-corrected chi connectivity index (χ4v) is 3.70. The molecule has 0 bridgehead atoms. The smallest absolute Gasteiger partial charge is 0.336 e. The SMILES string of the molecule is COCCOc1nc(-c2ccccc2C)n(-c2ccc(NC(=O)c3c(OC)cccc3OC)cc2)n1. The van der Waals surface area contributed by atoms with Gasteiger partial charge in [-0.05, 0) is 48.9 Å². The Morgan fingerprint density at radius 3 is 2.22 bits per heavy atom. The third kappa shape index (κ3) is 5.31. The number of aryl methyl sites for hydroxylation is 1. The van der Waals surface area contributed by atoms with Crippen LogP contribution >= 0.6 is 0 Å². The number of carbonyl (C=O) groups is 1. The van der Waals surface area contributed by atoms with Gasteiger partial charge in [0.1, 0.15) is 23.7 Å². The zero-order valence-electron chi connectivity index (χ0n) is 20.6. The Hall–Kier alpha value is -4.37. The lowest BCUT2D eigenvalue weighted by molar-refractivity contribution is 0.102. The summed E-state index contributed by atoms with van der Waals surface area (Å²) in [5.74, 6) is 1.16. The van der Waals surface area contributed by atoms with Crippen molar-refractivity contribution in [3.63, 3.8) is 0 Å². The standard InChI is InChI=1S/C27H28N4O5/c1-18-8-5-6-9-21(18)25-29-27(36-17-16-33-2)30-31(25)20-14-12-19(13-15-20)28-26(32)24-22(34-3)10-7-11-23(24)35-4/h5-15H,16-17H2,1-4H3,(H,28,32). The molecule has 0 fully saturated rings. The first-order valence-corrected chi connectivity index (χ1v) is 11.3. The molecule has 1 aromatic heterocycles. The van der Waals surface area contributed by atoms with Gasteiger partial charge in [0.05, 0.1) is 26.5 Å². The molecule has 0 radical (unpaired) electrons. The molecule has 0 aliphatic heterocycles. The first-order chi connectivity index (χ1) is 17.5. The normalized spacial score (nSPS) is 10.7. The van der Waals surface area contributed by atoms with Crippen molar-refractivity contribution in [2.45, 2.75) is 6.92 Å². The van der Waals surface area contributed by atoms with Gasteiger partial charge in [0.25, 0.3) is 5.91 Å². The monoisotopic (exact) mass is 488 g/mol. The minimum absolute atomic E-state index is 0.256. The number of hydrogen-bond donors (Lipinski definition) is 1. The van der Waals surface area contributed by atoms with Crippen LogP contribution in [0.25, 0.3) is 17.1 Å². The Bertz CT molecular complexity index is 1310. The van der Waals surface area contributed by atoms with Crippen molar-refractivity contribution < 1.29 is 23.7 Å². The molecule has 0 spiro atoms. The van der Waals surface area contributed by atoms with Gasteiger partial charge in [-0.1, -0.05) is 30.3 Å². The van der Waals surface area contributed by atoms with E-state index in [2.05, 4.69) is 15.4 Å². The number of benzene rings is 3. The minimum Gasteiger partial charge on any atom is -0.496 e. The Kier molecular flexibility index (Phi) is 7.82. The average Bonchev–Trinajstić information content (AvgIpc) is 3.32. The summed E-state index contributed by atoms with van der Waals surface area (Å²) in [6, 6.07) is 20.7. The topological polar surface area (TPSA) is 96.7 Å². The van der Waals surface area contributed by atoms with E-state index in [0.717, 1.165) is 16.8 Å². The van der Waals surface area contributed by atoms with Crippen molar-refractivity contribution in [2.75, 3.05) is 39.9 Å². The molecule has 0 saturated carbocycles. The maximum absolute atomic E-state index is 13.0. The molecule has 9 heteroatoms. The van der Waals surface area contributed by atoms with Gasteiger partial charge in [-0.15, -0.1) is 5.10 Å². The summed E-state index contributed by atoms with van der Waals surface area (Å²) in [7, 11) is 4.63. The third-order valence-electron chi connectivity index (χ3n) is 5.52. The first-order valence-electron chi connectivity index (χ1n) is 11.3. The van der Waals surface area contributed by atoms with Crippen LogP contribution in [0.5, 0.6) is 17.5 Å². The van der Waals surface area contributed by atoms with E-state index in [1.54, 1.807) is 42.1 Å². The second kappa shape index (κ2) is 11.4. The number of anilines is 1. The van der Waals surface area contributed by atoms with Crippen molar-refractivity contribution in [3.05, 3.63) is 77.9 Å². The summed E-state index contributed by atoms with van der Waals surface area (Å²) >= 11 is 0. The highest BCUT2D eigenvalue weighted by atomic mass is 16.5. The largest absolute Gasteiger partial charge is 0.496 e. The van der Waals surface area contributed by atoms with E-state index in [0.29, 0.717) is 41.8 Å². The van der Waals surface area contributed by atoms with Gasteiger partial charge in [0, 0.05) is 18.4 Å². The summed E-state index contributed by atoms with van der Waals surface area (Å²) in [5.41, 5.74) is 3.68. The van der Waals surface area contributed by atoms with Crippen LogP contribution in [-0.2, 0) is 4.74 Å². The van der Waals surface area contributed by atoms with Crippen LogP contribution in [-0.4, -0.2) is 55.2 Å². The average molecular weight is 489 g/mol. The maximum atomic E-state index is 13.0. The van der Waals surface area contributed by atoms with Gasteiger partial charge >= 0.3 is 6.01 Å². The molecule has 1 amide bonds. The third-order valence-corrected chi connectivity index (χ3v) is 5.52. The molecule has 4 aromatic rings. The summed E-state index contributed by atoms with van der Waals surface area (Å²) in [4.78, 5) is 17.6. The molecular weight excluding hydrogens is 460 g/mol. The predicted octanol–water partition coefficient (Wildman–Crippen LogP) is 4.54. The number of carbonyl (C=O) groups excluding carboxylic acids is 1. The first kappa shape index (κ1) is 24.7. The highest BCUT2D eigenvalue weighted by Crippen LogP contribution is 2.30. The van der Waals surface area contributed by atoms with Crippen LogP contribution in [0.1, 0.15) is 15.9 Å². The van der Waals surface area contributed by atoms with E-state index in [-0.39, 0.29) is 11.9 Å². The number of nitrogens with zero attached hydrogens (tertiary/aromatic N) is 3. The number of hydrogen-bond acceptors (Lipinski definition) is 7. The van der Waals surface area contributed by atoms with Crippen molar-refractivity contribution in [1.29, 1.82) is 0 Å². The van der Waals surface area contributed by atoms with E-state index in [1.165, 1.54) is 14.2 Å². The Morgan fingerprint density at radius 2 is 1.58 bits per heavy atom. The van der Waals surface area contributed by atoms with Crippen molar-refractivity contribution in [1.82, 2.24) is 14.8 Å². The molecule has 9 nitrogen and oxygen atoms in total. The van der Waals surface area contributed by atoms with Crippen LogP contribution in [0.2, 0.25) is 0 Å². The van der Waals surface area contributed by atoms with Crippen LogP contribution in [0.4, 0.5) is 5.69 Å². The molecular formula is C27H28N4O5. The second-order valence-electron chi connectivity index (χ2n) is 7.82. The van der Waals surface area contributed by atoms with Gasteiger partial charge in [-0.2, -0.15) is 4.98 Å². The summed E-state index contributed by atoms with van der Waals surface area (Å²) in [6.45, 7) is 2.79. The van der Waals surface area contributed by atoms with Gasteiger partial charge < -0.3 is 24.3 Å². The van der Waals surface area contributed by atoms with E-state index >= 15 is 0 Å². The van der Waals surface area contributed by atoms with Crippen LogP contribution in [0.15, 0.2) is 66.7 Å². The van der Waals surface area contributed by atoms with E-state index in [4.69, 9.17) is 18.9 Å². The summed E-state index contributed by atoms with van der Waals surface area (Å²) in [5, 5.41) is 7.46. The maximum Gasteiger partial charge on any atom is 0.336 e. The Balaban J connectivity index is 1.63. The highest BCUT2D eigenvalue weighted by Gasteiger charge is 2.19. The molecule has 0 saturated heterocycles. The zero-order chi connectivity index (χ0) is 25.5. The van der Waals surface area contributed by atoms with E-state index in [9.17, 15) is 4.79 Å². The lowest BCUT2D eigenvalue weighted by Crippen LogP contribution is -2.14. The fourth-order valence-electron chi connectivity index (χ4n) is 3.70. The number of amides is 1. The Labute approximate surface area is 209 Å². The zero-order valence-corrected chi connectivity index (χ0v) is 20.6. The van der Waals surface area contributed by atoms with Crippen molar-refractivity contribution >= 4 is 11.6 Å². The van der Waals surface area contributed by atoms with Crippen LogP contribution < -0.4 is 19.5 Å². The van der Waals surface area contributed by atoms with Crippen LogP contribution in [0, 0.1) is 6.92 Å². The van der Waals surface area contributed by atoms with Crippen molar-refractivity contribution in [2.24, 2.45) is 0 Å². The number of aromatic nitrogens is 3. The lowest BCUT2D eigenvalue weighted by Gasteiger charge is -2.13. The number of methoxy groups -OCH3 is 3. The van der Waals surface area contributed by atoms with Crippen LogP contribution in [0.3, 0.4) is 0 Å². The Morgan fingerprint density at radius 1 is 0.889 bits per heavy atom. The van der Waals surface area contributed by atoms with Gasteiger partial charge in [-0.25, -0.2) is 4.68 Å². The molecule has 0 aliphatic rings. The molecule has 4 rings (SSSR count). The molecule has 1 heterocycles. The van der Waals surface area contributed by atoms with Gasteiger partial charge in [0.15, 0.2) is 5.82 Å². The molecule has 3 aromatic carbocycles. The predicted molar refractivity (Wildman–Crippen MR) is 136 cm³/mol. The second-order valence-corrected chi connectivity index (χ2v) is 7.82. The van der Waals surface area contributed by atoms with E-state index < -0.39 is 0 Å². The van der Waals surface area contributed by atoms with Gasteiger partial charge in [-0.3, -0.25) is 4.79 Å².